The van der Waals surface area contributed by atoms with Crippen molar-refractivity contribution in [2.75, 3.05) is 41.0 Å². The zero-order chi connectivity index (χ0) is 44.2. The van der Waals surface area contributed by atoms with Crippen LogP contribution in [0.3, 0.4) is 0 Å². The molecule has 60 heavy (non-hydrogen) atoms. The van der Waals surface area contributed by atoms with Crippen LogP contribution in [0.1, 0.15) is 174 Å². The van der Waals surface area contributed by atoms with Crippen molar-refractivity contribution < 1.29 is 38.2 Å². The summed E-state index contributed by atoms with van der Waals surface area (Å²) in [7, 11) is 5.51. The smallest absolute Gasteiger partial charge is 0.362 e. The normalized spacial score (nSPS) is 13.7. The molecule has 342 valence electrons. The Balaban J connectivity index is 4.41. The van der Waals surface area contributed by atoms with Crippen LogP contribution in [0.5, 0.6) is 0 Å². The van der Waals surface area contributed by atoms with Gasteiger partial charge in [-0.25, -0.2) is 4.79 Å². The Hall–Kier alpha value is -3.49. The molecule has 0 saturated carbocycles. The van der Waals surface area contributed by atoms with Crippen LogP contribution in [-0.4, -0.2) is 80.6 Å². The molecule has 0 aliphatic rings. The van der Waals surface area contributed by atoms with Crippen LogP contribution in [0.2, 0.25) is 0 Å². The number of rotatable bonds is 41. The van der Waals surface area contributed by atoms with E-state index < -0.39 is 18.1 Å². The molecule has 0 amide bonds. The molecule has 0 fully saturated rings. The number of nitrogens with zero attached hydrogens (tertiary/aromatic N) is 1. The van der Waals surface area contributed by atoms with E-state index in [4.69, 9.17) is 14.2 Å². The van der Waals surface area contributed by atoms with E-state index >= 15 is 0 Å². The minimum atomic E-state index is -0.884. The minimum absolute atomic E-state index is 0.0431. The van der Waals surface area contributed by atoms with Crippen molar-refractivity contribution in [1.82, 2.24) is 0 Å². The lowest BCUT2D eigenvalue weighted by atomic mass is 10.0. The first-order valence-corrected chi connectivity index (χ1v) is 23.7. The number of carboxylic acid groups (broad SMARTS) is 1. The summed E-state index contributed by atoms with van der Waals surface area (Å²) >= 11 is 0. The Kier molecular flexibility index (Phi) is 39.8. The Morgan fingerprint density at radius 1 is 0.517 bits per heavy atom. The van der Waals surface area contributed by atoms with Gasteiger partial charge < -0.3 is 23.8 Å². The molecule has 0 aromatic heterocycles. The van der Waals surface area contributed by atoms with Gasteiger partial charge >= 0.3 is 17.9 Å². The fraction of sp³-hybridized carbons (Fsp3) is 0.673. The number of unbranched alkanes of at least 4 members (excludes halogenated alkanes) is 19. The zero-order valence-corrected chi connectivity index (χ0v) is 38.9. The standard InChI is InChI=1S/C52H87NO7/c1-6-8-10-12-14-16-18-20-22-24-25-27-28-30-32-34-36-38-40-42-50(54)59-47-48(46-58-45-44-49(52(56)57)53(3,4)5)60-51(55)43-41-39-37-35-33-31-29-26-23-21-19-17-15-13-11-9-7-2/h8,10,12,14,16,18,20,22,24-25,27-28,30,32,48-49H,6-7,9,11,13,15,17,19,21,23,26,29,31,33-47H2,1-5H3/p+1/b10-8+,14-12+,18-16+,22-20+,25-24+,28-27+,32-30+. The van der Waals surface area contributed by atoms with Crippen LogP contribution >= 0.6 is 0 Å². The number of carbonyl (C=O) groups excluding carboxylic acids is 2. The Bertz CT molecular complexity index is 1250. The summed E-state index contributed by atoms with van der Waals surface area (Å²) in [6.45, 7) is 4.54. The van der Waals surface area contributed by atoms with Crippen molar-refractivity contribution in [2.24, 2.45) is 0 Å². The molecule has 0 spiro atoms. The average Bonchev–Trinajstić information content (AvgIpc) is 3.21. The van der Waals surface area contributed by atoms with Crippen LogP contribution in [0.4, 0.5) is 0 Å². The van der Waals surface area contributed by atoms with E-state index in [9.17, 15) is 19.5 Å². The van der Waals surface area contributed by atoms with Crippen molar-refractivity contribution in [1.29, 1.82) is 0 Å². The third kappa shape index (κ3) is 39.9. The first-order chi connectivity index (χ1) is 29.1. The SMILES string of the molecule is CC/C=C/C=C/C=C/C=C/C=C/C=C/C=C/CCCCCC(=O)OCC(COCCC(C(=O)O)[N+](C)(C)C)OC(=O)CCCCCCCCCCCCCCCCCCC. The number of carbonyl (C=O) groups is 3. The molecule has 0 radical (unpaired) electrons. The van der Waals surface area contributed by atoms with Crippen molar-refractivity contribution in [3.05, 3.63) is 85.1 Å². The summed E-state index contributed by atoms with van der Waals surface area (Å²) < 4.78 is 17.3. The number of hydrogen-bond donors (Lipinski definition) is 1. The maximum Gasteiger partial charge on any atom is 0.362 e. The molecule has 1 N–H and O–H groups in total. The van der Waals surface area contributed by atoms with E-state index in [0.29, 0.717) is 19.3 Å². The minimum Gasteiger partial charge on any atom is -0.477 e. The van der Waals surface area contributed by atoms with Gasteiger partial charge in [-0.1, -0.05) is 208 Å². The van der Waals surface area contributed by atoms with Gasteiger partial charge in [0.2, 0.25) is 0 Å². The lowest BCUT2D eigenvalue weighted by molar-refractivity contribution is -0.887. The number of allylic oxidation sites excluding steroid dienone is 14. The second-order valence-electron chi connectivity index (χ2n) is 16.8. The van der Waals surface area contributed by atoms with E-state index in [1.54, 1.807) is 0 Å². The van der Waals surface area contributed by atoms with E-state index in [0.717, 1.165) is 51.4 Å². The van der Waals surface area contributed by atoms with Gasteiger partial charge in [0.15, 0.2) is 12.1 Å². The largest absolute Gasteiger partial charge is 0.477 e. The van der Waals surface area contributed by atoms with Gasteiger partial charge in [0.1, 0.15) is 6.61 Å². The fourth-order valence-corrected chi connectivity index (χ4v) is 6.60. The lowest BCUT2D eigenvalue weighted by Crippen LogP contribution is -2.50. The molecule has 8 heteroatoms. The highest BCUT2D eigenvalue weighted by Crippen LogP contribution is 2.15. The van der Waals surface area contributed by atoms with E-state index in [1.165, 1.54) is 89.9 Å². The van der Waals surface area contributed by atoms with Crippen molar-refractivity contribution in [2.45, 2.75) is 187 Å². The summed E-state index contributed by atoms with van der Waals surface area (Å²) in [6.07, 6.45) is 54.8. The first kappa shape index (κ1) is 56.5. The number of aliphatic carboxylic acids is 1. The summed E-state index contributed by atoms with van der Waals surface area (Å²) in [5, 5.41) is 9.64. The second-order valence-corrected chi connectivity index (χ2v) is 16.8. The maximum atomic E-state index is 12.8. The molecule has 0 aromatic rings. The molecule has 0 rings (SSSR count). The molecular formula is C52H88NO7+. The predicted octanol–water partition coefficient (Wildman–Crippen LogP) is 13.3. The van der Waals surface area contributed by atoms with Crippen LogP contribution in [0.15, 0.2) is 85.1 Å². The quantitative estimate of drug-likeness (QED) is 0.0283. The van der Waals surface area contributed by atoms with Crippen molar-refractivity contribution in [3.8, 4) is 0 Å². The molecule has 0 bridgehead atoms. The summed E-state index contributed by atoms with van der Waals surface area (Å²) in [6, 6.07) is -0.625. The van der Waals surface area contributed by atoms with E-state index in [-0.39, 0.29) is 36.2 Å². The Morgan fingerprint density at radius 2 is 0.933 bits per heavy atom. The van der Waals surface area contributed by atoms with Crippen LogP contribution in [0.25, 0.3) is 0 Å². The van der Waals surface area contributed by atoms with Gasteiger partial charge in [-0.3, -0.25) is 9.59 Å². The van der Waals surface area contributed by atoms with Crippen LogP contribution < -0.4 is 0 Å². The van der Waals surface area contributed by atoms with E-state index in [1.807, 2.05) is 94.1 Å². The van der Waals surface area contributed by atoms with Crippen molar-refractivity contribution in [3.63, 3.8) is 0 Å². The molecular weight excluding hydrogens is 751 g/mol. The molecule has 0 saturated heterocycles. The summed E-state index contributed by atoms with van der Waals surface area (Å²) in [5.74, 6) is -1.53. The number of likely N-dealkylation sites (N-methyl/N-ethyl adjacent to an activating group) is 1. The highest BCUT2D eigenvalue weighted by Gasteiger charge is 2.31. The topological polar surface area (TPSA) is 99.1 Å². The summed E-state index contributed by atoms with van der Waals surface area (Å²) in [4.78, 5) is 37.1. The molecule has 2 unspecified atom stereocenters. The molecule has 0 aliphatic carbocycles. The number of quaternary nitrogens is 1. The third-order valence-corrected chi connectivity index (χ3v) is 10.3. The van der Waals surface area contributed by atoms with Crippen LogP contribution in [0, 0.1) is 0 Å². The van der Waals surface area contributed by atoms with Gasteiger partial charge in [-0.05, 0) is 32.1 Å². The highest BCUT2D eigenvalue weighted by molar-refractivity contribution is 5.72. The average molecular weight is 839 g/mol. The molecule has 8 nitrogen and oxygen atoms in total. The number of ether oxygens (including phenoxy) is 3. The molecule has 0 aliphatic heterocycles. The van der Waals surface area contributed by atoms with Crippen LogP contribution in [-0.2, 0) is 28.6 Å². The molecule has 0 heterocycles. The predicted molar refractivity (Wildman–Crippen MR) is 252 cm³/mol. The molecule has 0 aromatic carbocycles. The van der Waals surface area contributed by atoms with Gasteiger partial charge in [-0.15, -0.1) is 0 Å². The van der Waals surface area contributed by atoms with Crippen molar-refractivity contribution >= 4 is 17.9 Å². The summed E-state index contributed by atoms with van der Waals surface area (Å²) in [5.41, 5.74) is 0. The number of esters is 2. The van der Waals surface area contributed by atoms with Gasteiger partial charge in [0, 0.05) is 19.3 Å². The van der Waals surface area contributed by atoms with Gasteiger partial charge in [0.25, 0.3) is 0 Å². The first-order valence-electron chi connectivity index (χ1n) is 23.7. The Morgan fingerprint density at radius 3 is 1.38 bits per heavy atom. The second kappa shape index (κ2) is 42.2. The molecule has 2 atom stereocenters. The monoisotopic (exact) mass is 839 g/mol. The highest BCUT2D eigenvalue weighted by atomic mass is 16.6. The maximum absolute atomic E-state index is 12.8. The zero-order valence-electron chi connectivity index (χ0n) is 38.9. The fourth-order valence-electron chi connectivity index (χ4n) is 6.60. The van der Waals surface area contributed by atoms with E-state index in [2.05, 4.69) is 26.0 Å². The van der Waals surface area contributed by atoms with Gasteiger partial charge in [-0.2, -0.15) is 0 Å². The Labute approximate surface area is 367 Å². The number of hydrogen-bond acceptors (Lipinski definition) is 6. The third-order valence-electron chi connectivity index (χ3n) is 10.3. The lowest BCUT2D eigenvalue weighted by Gasteiger charge is -2.31. The number of carboxylic acids is 1. The van der Waals surface area contributed by atoms with Gasteiger partial charge in [0.05, 0.1) is 34.4 Å².